The first kappa shape index (κ1) is 21.7. The molecule has 0 saturated heterocycles. The van der Waals surface area contributed by atoms with E-state index in [9.17, 15) is 8.42 Å². The molecule has 0 aliphatic carbocycles. The lowest BCUT2D eigenvalue weighted by molar-refractivity contribution is 0.320. The molecule has 1 aromatic carbocycles. The van der Waals surface area contributed by atoms with Gasteiger partial charge in [-0.05, 0) is 18.6 Å². The number of nitrogens with zero attached hydrogens (tertiary/aromatic N) is 1. The zero-order valence-electron chi connectivity index (χ0n) is 15.4. The van der Waals surface area contributed by atoms with Crippen molar-refractivity contribution in [3.05, 3.63) is 30.3 Å². The number of rotatable bonds is 14. The van der Waals surface area contributed by atoms with E-state index in [1.807, 2.05) is 0 Å². The van der Waals surface area contributed by atoms with E-state index in [4.69, 9.17) is 5.21 Å². The molecule has 0 aromatic heterocycles. The second kappa shape index (κ2) is 12.9. The molecule has 0 bridgehead atoms. The Morgan fingerprint density at radius 3 is 1.96 bits per heavy atom. The molecule has 5 heteroatoms. The fourth-order valence-corrected chi connectivity index (χ4v) is 4.58. The first-order valence-electron chi connectivity index (χ1n) is 9.59. The summed E-state index contributed by atoms with van der Waals surface area (Å²) in [4.78, 5) is 0.284. The molecule has 0 heterocycles. The largest absolute Gasteiger partial charge is 0.411 e. The molecule has 0 spiro atoms. The summed E-state index contributed by atoms with van der Waals surface area (Å²) in [5, 5.41) is 11.0. The molecule has 1 N–H and O–H groups in total. The molecule has 0 aliphatic rings. The zero-order chi connectivity index (χ0) is 18.4. The number of hydrogen-bond donors (Lipinski definition) is 1. The standard InChI is InChI=1S/C20H33NO3S/c1-2-3-4-5-6-7-8-9-10-12-17-20(18-21-22)25(23,24)19-15-13-11-14-16-19/h11,13-16,18,20,22H,2-10,12,17H2,1H3/b21-18+. The normalized spacial score (nSPS) is 13.3. The highest BCUT2D eigenvalue weighted by atomic mass is 32.2. The number of sulfone groups is 1. The van der Waals surface area contributed by atoms with E-state index in [1.54, 1.807) is 30.3 Å². The average Bonchev–Trinajstić information content (AvgIpc) is 2.63. The summed E-state index contributed by atoms with van der Waals surface area (Å²) < 4.78 is 25.2. The molecule has 4 nitrogen and oxygen atoms in total. The van der Waals surface area contributed by atoms with Crippen LogP contribution in [0.5, 0.6) is 0 Å². The van der Waals surface area contributed by atoms with Crippen molar-refractivity contribution in [3.63, 3.8) is 0 Å². The van der Waals surface area contributed by atoms with E-state index in [0.717, 1.165) is 25.5 Å². The van der Waals surface area contributed by atoms with Gasteiger partial charge in [0.1, 0.15) is 5.25 Å². The Morgan fingerprint density at radius 2 is 1.44 bits per heavy atom. The summed E-state index contributed by atoms with van der Waals surface area (Å²) in [5.41, 5.74) is 0. The number of oxime groups is 1. The molecule has 1 unspecified atom stereocenters. The van der Waals surface area contributed by atoms with Crippen LogP contribution in [0.3, 0.4) is 0 Å². The molecule has 0 aliphatic heterocycles. The molecule has 0 radical (unpaired) electrons. The number of benzene rings is 1. The van der Waals surface area contributed by atoms with Gasteiger partial charge in [0.2, 0.25) is 0 Å². The highest BCUT2D eigenvalue weighted by Gasteiger charge is 2.25. The first-order valence-corrected chi connectivity index (χ1v) is 11.1. The lowest BCUT2D eigenvalue weighted by atomic mass is 10.1. The van der Waals surface area contributed by atoms with Gasteiger partial charge in [-0.25, -0.2) is 8.42 Å². The first-order chi connectivity index (χ1) is 12.1. The second-order valence-electron chi connectivity index (χ2n) is 6.63. The van der Waals surface area contributed by atoms with Crippen LogP contribution in [-0.2, 0) is 9.84 Å². The Morgan fingerprint density at radius 1 is 0.920 bits per heavy atom. The van der Waals surface area contributed by atoms with E-state index in [0.29, 0.717) is 6.42 Å². The Balaban J connectivity index is 2.30. The summed E-state index contributed by atoms with van der Waals surface area (Å²) in [7, 11) is -3.48. The van der Waals surface area contributed by atoms with Gasteiger partial charge in [-0.3, -0.25) is 0 Å². The van der Waals surface area contributed by atoms with E-state index >= 15 is 0 Å². The summed E-state index contributed by atoms with van der Waals surface area (Å²) in [5.74, 6) is 0. The van der Waals surface area contributed by atoms with Crippen molar-refractivity contribution in [2.24, 2.45) is 5.16 Å². The van der Waals surface area contributed by atoms with Gasteiger partial charge in [0.25, 0.3) is 0 Å². The van der Waals surface area contributed by atoms with Gasteiger partial charge in [0.15, 0.2) is 9.84 Å². The van der Waals surface area contributed by atoms with E-state index in [-0.39, 0.29) is 4.90 Å². The smallest absolute Gasteiger partial charge is 0.186 e. The number of unbranched alkanes of at least 4 members (excludes halogenated alkanes) is 9. The molecule has 0 fully saturated rings. The topological polar surface area (TPSA) is 66.7 Å². The maximum atomic E-state index is 12.6. The predicted octanol–water partition coefficient (Wildman–Crippen LogP) is 5.60. The van der Waals surface area contributed by atoms with Crippen molar-refractivity contribution in [2.45, 2.75) is 87.7 Å². The van der Waals surface area contributed by atoms with Crippen LogP contribution in [0.4, 0.5) is 0 Å². The highest BCUT2D eigenvalue weighted by molar-refractivity contribution is 7.92. The molecular weight excluding hydrogens is 334 g/mol. The minimum absolute atomic E-state index is 0.284. The highest BCUT2D eigenvalue weighted by Crippen LogP contribution is 2.20. The average molecular weight is 368 g/mol. The molecule has 1 atom stereocenters. The lowest BCUT2D eigenvalue weighted by Crippen LogP contribution is -2.23. The van der Waals surface area contributed by atoms with Gasteiger partial charge in [0.05, 0.1) is 11.1 Å². The van der Waals surface area contributed by atoms with E-state index in [1.165, 1.54) is 44.9 Å². The van der Waals surface area contributed by atoms with Gasteiger partial charge in [-0.2, -0.15) is 0 Å². The minimum Gasteiger partial charge on any atom is -0.411 e. The van der Waals surface area contributed by atoms with Crippen LogP contribution in [0.15, 0.2) is 40.4 Å². The third-order valence-corrected chi connectivity index (χ3v) is 6.63. The molecule has 25 heavy (non-hydrogen) atoms. The lowest BCUT2D eigenvalue weighted by Gasteiger charge is -2.13. The van der Waals surface area contributed by atoms with Crippen molar-refractivity contribution >= 4 is 16.1 Å². The van der Waals surface area contributed by atoms with Gasteiger partial charge in [-0.1, -0.05) is 89.3 Å². The molecule has 1 aromatic rings. The quantitative estimate of drug-likeness (QED) is 0.201. The molecule has 1 rings (SSSR count). The monoisotopic (exact) mass is 367 g/mol. The van der Waals surface area contributed by atoms with Crippen LogP contribution in [-0.4, -0.2) is 25.1 Å². The van der Waals surface area contributed by atoms with Gasteiger partial charge in [0, 0.05) is 0 Å². The van der Waals surface area contributed by atoms with Gasteiger partial charge in [-0.15, -0.1) is 5.16 Å². The Hall–Kier alpha value is -1.36. The zero-order valence-corrected chi connectivity index (χ0v) is 16.3. The van der Waals surface area contributed by atoms with E-state index in [2.05, 4.69) is 12.1 Å². The third-order valence-electron chi connectivity index (χ3n) is 4.55. The van der Waals surface area contributed by atoms with Crippen molar-refractivity contribution in [1.82, 2.24) is 0 Å². The maximum absolute atomic E-state index is 12.6. The van der Waals surface area contributed by atoms with Crippen LogP contribution in [0, 0.1) is 0 Å². The third kappa shape index (κ3) is 8.52. The van der Waals surface area contributed by atoms with Crippen molar-refractivity contribution in [2.75, 3.05) is 0 Å². The van der Waals surface area contributed by atoms with Crippen molar-refractivity contribution in [1.29, 1.82) is 0 Å². The maximum Gasteiger partial charge on any atom is 0.186 e. The molecule has 0 saturated carbocycles. The number of hydrogen-bond acceptors (Lipinski definition) is 4. The Kier molecular flexibility index (Phi) is 11.2. The van der Waals surface area contributed by atoms with Crippen LogP contribution in [0.1, 0.15) is 77.6 Å². The predicted molar refractivity (Wildman–Crippen MR) is 104 cm³/mol. The Bertz CT molecular complexity index is 570. The SMILES string of the molecule is CCCCCCCCCCCCC(/C=N/O)S(=O)(=O)c1ccccc1. The van der Waals surface area contributed by atoms with Crippen LogP contribution in [0.2, 0.25) is 0 Å². The minimum atomic E-state index is -3.48. The fraction of sp³-hybridized carbons (Fsp3) is 0.650. The van der Waals surface area contributed by atoms with Crippen molar-refractivity contribution in [3.8, 4) is 0 Å². The van der Waals surface area contributed by atoms with Crippen LogP contribution in [0.25, 0.3) is 0 Å². The summed E-state index contributed by atoms with van der Waals surface area (Å²) in [6.45, 7) is 2.23. The van der Waals surface area contributed by atoms with Crippen molar-refractivity contribution < 1.29 is 13.6 Å². The van der Waals surface area contributed by atoms with Crippen LogP contribution >= 0.6 is 0 Å². The summed E-state index contributed by atoms with van der Waals surface area (Å²) in [6, 6.07) is 8.38. The summed E-state index contributed by atoms with van der Waals surface area (Å²) >= 11 is 0. The van der Waals surface area contributed by atoms with E-state index < -0.39 is 15.1 Å². The van der Waals surface area contributed by atoms with Gasteiger partial charge < -0.3 is 5.21 Å². The van der Waals surface area contributed by atoms with Crippen LogP contribution < -0.4 is 0 Å². The fourth-order valence-electron chi connectivity index (χ4n) is 3.00. The molecule has 0 amide bonds. The molecule has 142 valence electrons. The van der Waals surface area contributed by atoms with Gasteiger partial charge >= 0.3 is 0 Å². The summed E-state index contributed by atoms with van der Waals surface area (Å²) in [6.07, 6.45) is 13.7. The Labute approximate surface area is 153 Å². The second-order valence-corrected chi connectivity index (χ2v) is 8.80. The molecular formula is C20H33NO3S.